The van der Waals surface area contributed by atoms with Crippen LogP contribution in [-0.2, 0) is 9.53 Å². The Balaban J connectivity index is 4.54. The molecule has 0 saturated carbocycles. The van der Waals surface area contributed by atoms with Crippen molar-refractivity contribution in [1.29, 1.82) is 0 Å². The molecule has 312 valence electrons. The quantitative estimate of drug-likeness (QED) is 0.0269. The Morgan fingerprint density at radius 2 is 0.673 bits per heavy atom. The molecule has 0 aliphatic heterocycles. The molecule has 0 aliphatic carbocycles. The SMILES string of the molecule is CC(C)CCCC(C)CCCC(C)CCCC(C)CCC(CCC(C)CCCC(C)CCCC(C)CCCC(C)C)OC(=O)CCCCCC(C)I. The van der Waals surface area contributed by atoms with Gasteiger partial charge in [-0.05, 0) is 85.9 Å². The summed E-state index contributed by atoms with van der Waals surface area (Å²) in [6, 6.07) is 0. The summed E-state index contributed by atoms with van der Waals surface area (Å²) in [5.41, 5.74) is 0. The summed E-state index contributed by atoms with van der Waals surface area (Å²) in [7, 11) is 0. The summed E-state index contributed by atoms with van der Waals surface area (Å²) in [6.45, 7) is 26.4. The number of rotatable bonds is 37. The van der Waals surface area contributed by atoms with Gasteiger partial charge < -0.3 is 4.74 Å². The van der Waals surface area contributed by atoms with Crippen molar-refractivity contribution < 1.29 is 9.53 Å². The molecule has 0 aliphatic rings. The molecule has 0 bridgehead atoms. The molecule has 0 saturated heterocycles. The van der Waals surface area contributed by atoms with Crippen LogP contribution in [-0.4, -0.2) is 16.0 Å². The van der Waals surface area contributed by atoms with Crippen LogP contribution in [0, 0.1) is 47.3 Å². The molecule has 0 heterocycles. The Morgan fingerprint density at radius 1 is 0.365 bits per heavy atom. The topological polar surface area (TPSA) is 26.3 Å². The highest BCUT2D eigenvalue weighted by Gasteiger charge is 2.18. The van der Waals surface area contributed by atoms with Gasteiger partial charge in [0.15, 0.2) is 0 Å². The lowest BCUT2D eigenvalue weighted by Gasteiger charge is -2.22. The number of ether oxygens (including phenoxy) is 1. The summed E-state index contributed by atoms with van der Waals surface area (Å²) < 4.78 is 6.95. The second-order valence-corrected chi connectivity index (χ2v) is 21.8. The fourth-order valence-corrected chi connectivity index (χ4v) is 8.63. The van der Waals surface area contributed by atoms with E-state index in [1.165, 1.54) is 141 Å². The van der Waals surface area contributed by atoms with E-state index in [-0.39, 0.29) is 12.1 Å². The Morgan fingerprint density at radius 3 is 0.981 bits per heavy atom. The minimum absolute atomic E-state index is 0.0546. The molecule has 3 heteroatoms. The second-order valence-electron chi connectivity index (χ2n) is 19.7. The fraction of sp³-hybridized carbons (Fsp3) is 0.980. The maximum Gasteiger partial charge on any atom is 0.306 e. The van der Waals surface area contributed by atoms with Gasteiger partial charge in [-0.2, -0.15) is 0 Å². The van der Waals surface area contributed by atoms with Crippen LogP contribution in [0.5, 0.6) is 0 Å². The summed E-state index contributed by atoms with van der Waals surface area (Å²) in [5.74, 6) is 6.66. The Bertz CT molecular complexity index is 729. The van der Waals surface area contributed by atoms with Crippen LogP contribution in [0.15, 0.2) is 0 Å². The predicted octanol–water partition coefficient (Wildman–Crippen LogP) is 17.4. The number of hydrogen-bond donors (Lipinski definition) is 0. The normalized spacial score (nSPS) is 16.8. The molecule has 0 spiro atoms. The van der Waals surface area contributed by atoms with Crippen molar-refractivity contribution in [2.45, 2.75) is 260 Å². The van der Waals surface area contributed by atoms with Crippen LogP contribution >= 0.6 is 22.6 Å². The first-order valence-corrected chi connectivity index (χ1v) is 24.8. The number of hydrogen-bond acceptors (Lipinski definition) is 2. The predicted molar refractivity (Wildman–Crippen MR) is 243 cm³/mol. The zero-order chi connectivity index (χ0) is 39.1. The summed E-state index contributed by atoms with van der Waals surface area (Å²) >= 11 is 2.51. The van der Waals surface area contributed by atoms with Crippen LogP contribution < -0.4 is 0 Å². The van der Waals surface area contributed by atoms with Gasteiger partial charge in [0, 0.05) is 10.3 Å². The molecule has 0 amide bonds. The lowest BCUT2D eigenvalue weighted by Crippen LogP contribution is -2.20. The molecule has 7 atom stereocenters. The second kappa shape index (κ2) is 34.4. The standard InChI is InChI=1S/C49H97IO2/c1-39(2)21-15-23-41(5)25-17-27-43(7)29-19-31-45(9)35-37-48(52-49(51)34-14-12-13-33-47(11)50)38-36-46(10)32-20-30-44(8)28-18-26-42(6)24-16-22-40(3)4/h39-48H,12-38H2,1-11H3. The number of esters is 1. The van der Waals surface area contributed by atoms with Crippen molar-refractivity contribution >= 4 is 28.6 Å². The molecule has 0 N–H and O–H groups in total. The minimum Gasteiger partial charge on any atom is -0.462 e. The first-order chi connectivity index (χ1) is 24.7. The largest absolute Gasteiger partial charge is 0.462 e. The van der Waals surface area contributed by atoms with Gasteiger partial charge in [-0.3, -0.25) is 4.79 Å². The van der Waals surface area contributed by atoms with E-state index in [4.69, 9.17) is 4.74 Å². The average Bonchev–Trinajstić information content (AvgIpc) is 3.05. The van der Waals surface area contributed by atoms with Gasteiger partial charge in [0.2, 0.25) is 0 Å². The lowest BCUT2D eigenvalue weighted by atomic mass is 9.89. The zero-order valence-corrected chi connectivity index (χ0v) is 39.7. The number of carbonyl (C=O) groups is 1. The van der Waals surface area contributed by atoms with Crippen LogP contribution in [0.25, 0.3) is 0 Å². The van der Waals surface area contributed by atoms with Gasteiger partial charge in [-0.1, -0.05) is 227 Å². The smallest absolute Gasteiger partial charge is 0.306 e. The van der Waals surface area contributed by atoms with Crippen molar-refractivity contribution in [3.8, 4) is 0 Å². The molecule has 0 aromatic carbocycles. The third-order valence-electron chi connectivity index (χ3n) is 12.3. The molecule has 0 aromatic rings. The summed E-state index contributed by atoms with van der Waals surface area (Å²) in [6.07, 6.45) is 34.7. The maximum absolute atomic E-state index is 12.9. The Hall–Kier alpha value is 0.200. The van der Waals surface area contributed by atoms with Crippen LogP contribution in [0.4, 0.5) is 0 Å². The number of carbonyl (C=O) groups excluding carboxylic acids is 1. The van der Waals surface area contributed by atoms with E-state index in [1.807, 2.05) is 0 Å². The van der Waals surface area contributed by atoms with E-state index in [9.17, 15) is 4.79 Å². The maximum atomic E-state index is 12.9. The Labute approximate surface area is 343 Å². The molecule has 7 unspecified atom stereocenters. The van der Waals surface area contributed by atoms with Gasteiger partial charge in [0.1, 0.15) is 6.10 Å². The minimum atomic E-state index is 0.0546. The van der Waals surface area contributed by atoms with Crippen LogP contribution in [0.3, 0.4) is 0 Å². The van der Waals surface area contributed by atoms with E-state index in [1.54, 1.807) is 0 Å². The van der Waals surface area contributed by atoms with Crippen molar-refractivity contribution in [3.05, 3.63) is 0 Å². The highest BCUT2D eigenvalue weighted by molar-refractivity contribution is 14.1. The third-order valence-corrected chi connectivity index (χ3v) is 12.9. The van der Waals surface area contributed by atoms with Gasteiger partial charge >= 0.3 is 5.97 Å². The monoisotopic (exact) mass is 845 g/mol. The molecule has 52 heavy (non-hydrogen) atoms. The van der Waals surface area contributed by atoms with E-state index >= 15 is 0 Å². The van der Waals surface area contributed by atoms with Crippen molar-refractivity contribution in [1.82, 2.24) is 0 Å². The van der Waals surface area contributed by atoms with E-state index in [0.717, 1.165) is 65.1 Å². The number of alkyl halides is 1. The van der Waals surface area contributed by atoms with E-state index in [0.29, 0.717) is 18.3 Å². The van der Waals surface area contributed by atoms with Crippen LogP contribution in [0.2, 0.25) is 0 Å². The first kappa shape index (κ1) is 52.2. The molecular weight excluding hydrogens is 747 g/mol. The van der Waals surface area contributed by atoms with Gasteiger partial charge in [0.05, 0.1) is 0 Å². The third kappa shape index (κ3) is 35.9. The lowest BCUT2D eigenvalue weighted by molar-refractivity contribution is -0.150. The van der Waals surface area contributed by atoms with Gasteiger partial charge in [-0.25, -0.2) is 0 Å². The highest BCUT2D eigenvalue weighted by atomic mass is 127. The van der Waals surface area contributed by atoms with Crippen molar-refractivity contribution in [2.75, 3.05) is 0 Å². The van der Waals surface area contributed by atoms with E-state index in [2.05, 4.69) is 98.8 Å². The number of unbranched alkanes of at least 4 members (excludes halogenated alkanes) is 2. The molecule has 0 aromatic heterocycles. The Kier molecular flexibility index (Phi) is 34.6. The number of halogens is 1. The van der Waals surface area contributed by atoms with Crippen molar-refractivity contribution in [3.63, 3.8) is 0 Å². The molecule has 2 nitrogen and oxygen atoms in total. The van der Waals surface area contributed by atoms with Gasteiger partial charge in [0.25, 0.3) is 0 Å². The fourth-order valence-electron chi connectivity index (χ4n) is 8.19. The van der Waals surface area contributed by atoms with Gasteiger partial charge in [-0.15, -0.1) is 0 Å². The molecule has 0 fully saturated rings. The van der Waals surface area contributed by atoms with E-state index < -0.39 is 0 Å². The summed E-state index contributed by atoms with van der Waals surface area (Å²) in [4.78, 5) is 12.9. The molecular formula is C49H97IO2. The zero-order valence-electron chi connectivity index (χ0n) is 37.6. The average molecular weight is 845 g/mol. The molecule has 0 rings (SSSR count). The highest BCUT2D eigenvalue weighted by Crippen LogP contribution is 2.27. The summed E-state index contributed by atoms with van der Waals surface area (Å²) in [5, 5.41) is 0. The first-order valence-electron chi connectivity index (χ1n) is 23.5. The van der Waals surface area contributed by atoms with Crippen LogP contribution in [0.1, 0.15) is 250 Å². The van der Waals surface area contributed by atoms with Crippen molar-refractivity contribution in [2.24, 2.45) is 47.3 Å². The molecule has 0 radical (unpaired) electrons.